The number of carbonyl (C=O) groups excluding carboxylic acids is 2. The Hall–Kier alpha value is -3.12. The molecule has 0 radical (unpaired) electrons. The van der Waals surface area contributed by atoms with Crippen molar-refractivity contribution in [2.24, 2.45) is 5.92 Å². The fourth-order valence-electron chi connectivity index (χ4n) is 3.88. The second kappa shape index (κ2) is 11.9. The van der Waals surface area contributed by atoms with E-state index in [4.69, 9.17) is 9.94 Å². The highest BCUT2D eigenvalue weighted by atomic mass is 16.5. The quantitative estimate of drug-likeness (QED) is 0.237. The summed E-state index contributed by atoms with van der Waals surface area (Å²) < 4.78 is 6.04. The molecule has 31 heavy (non-hydrogen) atoms. The molecule has 1 aliphatic rings. The van der Waals surface area contributed by atoms with Gasteiger partial charge in [-0.2, -0.15) is 0 Å². The van der Waals surface area contributed by atoms with Crippen LogP contribution in [0, 0.1) is 5.92 Å². The molecule has 6 heteroatoms. The first-order valence-electron chi connectivity index (χ1n) is 10.9. The Bertz CT molecular complexity index is 859. The molecule has 1 fully saturated rings. The number of hydrogen-bond acceptors (Lipinski definition) is 4. The van der Waals surface area contributed by atoms with Crippen LogP contribution in [0.4, 0.5) is 0 Å². The monoisotopic (exact) mass is 422 g/mol. The third-order valence-electron chi connectivity index (χ3n) is 5.59. The molecule has 0 spiro atoms. The van der Waals surface area contributed by atoms with Crippen molar-refractivity contribution in [3.63, 3.8) is 0 Å². The third kappa shape index (κ3) is 7.57. The average molecular weight is 423 g/mol. The number of nitrogens with one attached hydrogen (secondary N) is 2. The van der Waals surface area contributed by atoms with E-state index >= 15 is 0 Å². The minimum Gasteiger partial charge on any atom is -0.471 e. The summed E-state index contributed by atoms with van der Waals surface area (Å²) in [5.74, 6) is 0.427. The van der Waals surface area contributed by atoms with Crippen LogP contribution in [0.2, 0.25) is 0 Å². The highest BCUT2D eigenvalue weighted by Crippen LogP contribution is 2.28. The van der Waals surface area contributed by atoms with Gasteiger partial charge in [0.1, 0.15) is 5.75 Å². The molecule has 2 aromatic carbocycles. The lowest BCUT2D eigenvalue weighted by atomic mass is 9.86. The number of carbonyl (C=O) groups is 2. The minimum absolute atomic E-state index is 0.214. The van der Waals surface area contributed by atoms with Gasteiger partial charge in [0.25, 0.3) is 5.91 Å². The second-order valence-electron chi connectivity index (χ2n) is 7.91. The maximum atomic E-state index is 12.5. The lowest BCUT2D eigenvalue weighted by molar-refractivity contribution is -0.119. The van der Waals surface area contributed by atoms with Gasteiger partial charge in [-0.1, -0.05) is 62.4 Å². The topological polar surface area (TPSA) is 87.7 Å². The summed E-state index contributed by atoms with van der Waals surface area (Å²) in [6, 6.07) is 16.1. The molecule has 0 saturated heterocycles. The molecular formula is C25H30N2O4. The van der Waals surface area contributed by atoms with Crippen LogP contribution in [-0.4, -0.2) is 23.2 Å². The Morgan fingerprint density at radius 1 is 1.03 bits per heavy atom. The molecule has 6 nitrogen and oxygen atoms in total. The van der Waals surface area contributed by atoms with E-state index in [0.717, 1.165) is 12.0 Å². The number of ether oxygens (including phenoxy) is 1. The zero-order valence-corrected chi connectivity index (χ0v) is 17.6. The Balaban J connectivity index is 1.62. The van der Waals surface area contributed by atoms with Gasteiger partial charge in [0.15, 0.2) is 6.23 Å². The van der Waals surface area contributed by atoms with Crippen LogP contribution in [0.15, 0.2) is 60.7 Å². The largest absolute Gasteiger partial charge is 0.471 e. The molecule has 0 aliphatic heterocycles. The first-order valence-corrected chi connectivity index (χ1v) is 10.9. The van der Waals surface area contributed by atoms with Crippen molar-refractivity contribution in [2.75, 3.05) is 0 Å². The fraction of sp³-hybridized carbons (Fsp3) is 0.360. The molecule has 1 atom stereocenters. The molecule has 0 bridgehead atoms. The van der Waals surface area contributed by atoms with Crippen LogP contribution in [0.25, 0.3) is 6.08 Å². The highest BCUT2D eigenvalue weighted by molar-refractivity contribution is 5.93. The summed E-state index contributed by atoms with van der Waals surface area (Å²) in [5.41, 5.74) is 2.88. The van der Waals surface area contributed by atoms with Gasteiger partial charge in [-0.3, -0.25) is 14.8 Å². The van der Waals surface area contributed by atoms with Crippen LogP contribution in [-0.2, 0) is 4.79 Å². The van der Waals surface area contributed by atoms with Crippen molar-refractivity contribution >= 4 is 17.9 Å². The summed E-state index contributed by atoms with van der Waals surface area (Å²) in [6.07, 6.45) is 10.9. The standard InChI is InChI=1S/C25H30N2O4/c28-23(17-11-19-7-3-1-4-8-19)26-24(18-12-20-9-5-2-6-10-20)31-22-15-13-21(14-16-22)25(29)27-30/h1,3-4,7-8,11,13-17,20,24,30H,2,5-6,9-10,12,18H2,(H,26,28)(H,27,29)/b17-11+/t24-/m0/s1. The third-order valence-corrected chi connectivity index (χ3v) is 5.59. The number of hydroxylamine groups is 1. The smallest absolute Gasteiger partial charge is 0.274 e. The predicted octanol–water partition coefficient (Wildman–Crippen LogP) is 4.70. The number of rotatable bonds is 9. The molecule has 3 rings (SSSR count). The first kappa shape index (κ1) is 22.6. The first-order chi connectivity index (χ1) is 15.1. The molecular weight excluding hydrogens is 392 g/mol. The Morgan fingerprint density at radius 2 is 1.74 bits per heavy atom. The zero-order valence-electron chi connectivity index (χ0n) is 17.6. The summed E-state index contributed by atoms with van der Waals surface area (Å²) in [6.45, 7) is 0. The predicted molar refractivity (Wildman–Crippen MR) is 120 cm³/mol. The van der Waals surface area contributed by atoms with E-state index in [-0.39, 0.29) is 5.91 Å². The van der Waals surface area contributed by atoms with Crippen molar-refractivity contribution in [1.82, 2.24) is 10.8 Å². The summed E-state index contributed by atoms with van der Waals surface area (Å²) in [4.78, 5) is 24.0. The molecule has 3 N–H and O–H groups in total. The van der Waals surface area contributed by atoms with Crippen molar-refractivity contribution < 1.29 is 19.5 Å². The molecule has 1 aliphatic carbocycles. The van der Waals surface area contributed by atoms with E-state index in [2.05, 4.69) is 5.32 Å². The van der Waals surface area contributed by atoms with Gasteiger partial charge in [-0.05, 0) is 48.2 Å². The summed E-state index contributed by atoms with van der Waals surface area (Å²) in [7, 11) is 0. The van der Waals surface area contributed by atoms with E-state index in [0.29, 0.717) is 23.7 Å². The Morgan fingerprint density at radius 3 is 2.42 bits per heavy atom. The number of hydrogen-bond donors (Lipinski definition) is 3. The van der Waals surface area contributed by atoms with Gasteiger partial charge in [0.2, 0.25) is 5.91 Å². The lowest BCUT2D eigenvalue weighted by Crippen LogP contribution is -2.38. The van der Waals surface area contributed by atoms with Crippen LogP contribution in [0.1, 0.15) is 60.9 Å². The van der Waals surface area contributed by atoms with Crippen molar-refractivity contribution in [1.29, 1.82) is 0 Å². The van der Waals surface area contributed by atoms with Crippen LogP contribution in [0.3, 0.4) is 0 Å². The Labute approximate surface area is 183 Å². The summed E-state index contributed by atoms with van der Waals surface area (Å²) in [5, 5.41) is 11.7. The molecule has 0 aromatic heterocycles. The van der Waals surface area contributed by atoms with E-state index in [9.17, 15) is 9.59 Å². The van der Waals surface area contributed by atoms with Gasteiger partial charge in [0, 0.05) is 18.1 Å². The summed E-state index contributed by atoms with van der Waals surface area (Å²) >= 11 is 0. The molecule has 164 valence electrons. The lowest BCUT2D eigenvalue weighted by Gasteiger charge is -2.25. The molecule has 1 saturated carbocycles. The zero-order chi connectivity index (χ0) is 21.9. The normalized spacial score (nSPS) is 15.4. The highest BCUT2D eigenvalue weighted by Gasteiger charge is 2.18. The fourth-order valence-corrected chi connectivity index (χ4v) is 3.88. The van der Waals surface area contributed by atoms with E-state index in [1.54, 1.807) is 35.8 Å². The van der Waals surface area contributed by atoms with Gasteiger partial charge in [-0.15, -0.1) is 0 Å². The van der Waals surface area contributed by atoms with Crippen molar-refractivity contribution in [2.45, 2.75) is 51.2 Å². The number of amides is 2. The molecule has 2 aromatic rings. The van der Waals surface area contributed by atoms with Crippen molar-refractivity contribution in [3.05, 3.63) is 71.8 Å². The van der Waals surface area contributed by atoms with Gasteiger partial charge >= 0.3 is 0 Å². The maximum absolute atomic E-state index is 12.5. The van der Waals surface area contributed by atoms with Crippen LogP contribution in [0.5, 0.6) is 5.75 Å². The van der Waals surface area contributed by atoms with Gasteiger partial charge < -0.3 is 10.1 Å². The van der Waals surface area contributed by atoms with Crippen LogP contribution < -0.4 is 15.5 Å². The average Bonchev–Trinajstić information content (AvgIpc) is 2.82. The number of benzene rings is 2. The van der Waals surface area contributed by atoms with Gasteiger partial charge in [0.05, 0.1) is 0 Å². The molecule has 0 heterocycles. The minimum atomic E-state index is -0.584. The molecule has 0 unspecified atom stereocenters. The second-order valence-corrected chi connectivity index (χ2v) is 7.91. The SMILES string of the molecule is O=C(/C=C/c1ccccc1)N[C@H](CCC1CCCCC1)Oc1ccc(C(=O)NO)cc1. The van der Waals surface area contributed by atoms with E-state index in [1.165, 1.54) is 38.2 Å². The van der Waals surface area contributed by atoms with Crippen molar-refractivity contribution in [3.8, 4) is 5.75 Å². The van der Waals surface area contributed by atoms with Gasteiger partial charge in [-0.25, -0.2) is 5.48 Å². The van der Waals surface area contributed by atoms with E-state index < -0.39 is 12.1 Å². The van der Waals surface area contributed by atoms with E-state index in [1.807, 2.05) is 30.3 Å². The Kier molecular flexibility index (Phi) is 8.67. The maximum Gasteiger partial charge on any atom is 0.274 e. The molecule has 2 amide bonds. The van der Waals surface area contributed by atoms with Crippen LogP contribution >= 0.6 is 0 Å².